The molecule has 0 aliphatic carbocycles. The monoisotopic (exact) mass is 259 g/mol. The van der Waals surface area contributed by atoms with E-state index in [0.717, 1.165) is 19.4 Å². The molecule has 5 nitrogen and oxygen atoms in total. The van der Waals surface area contributed by atoms with Crippen LogP contribution in [-0.2, 0) is 19.0 Å². The van der Waals surface area contributed by atoms with Crippen LogP contribution in [0.25, 0.3) is 0 Å². The van der Waals surface area contributed by atoms with Crippen molar-refractivity contribution in [2.45, 2.75) is 44.8 Å². The number of nitrogens with one attached hydrogen (secondary N) is 1. The molecule has 1 saturated heterocycles. The molecule has 0 aromatic heterocycles. The van der Waals surface area contributed by atoms with Crippen LogP contribution in [0.4, 0.5) is 0 Å². The molecule has 1 atom stereocenters. The first-order chi connectivity index (χ1) is 8.62. The van der Waals surface area contributed by atoms with Crippen LogP contribution in [0.5, 0.6) is 0 Å². The Bertz CT molecular complexity index is 255. The van der Waals surface area contributed by atoms with Gasteiger partial charge in [0.1, 0.15) is 11.6 Å². The summed E-state index contributed by atoms with van der Waals surface area (Å²) in [6.07, 6.45) is 2.78. The molecule has 106 valence electrons. The van der Waals surface area contributed by atoms with Gasteiger partial charge in [0, 0.05) is 6.61 Å². The zero-order valence-corrected chi connectivity index (χ0v) is 11.7. The van der Waals surface area contributed by atoms with E-state index in [0.29, 0.717) is 26.2 Å². The Hall–Kier alpha value is -0.650. The van der Waals surface area contributed by atoms with Gasteiger partial charge in [-0.1, -0.05) is 6.92 Å². The van der Waals surface area contributed by atoms with Crippen LogP contribution in [-0.4, -0.2) is 51.1 Å². The van der Waals surface area contributed by atoms with E-state index in [4.69, 9.17) is 14.2 Å². The molecule has 0 aromatic rings. The number of methoxy groups -OCH3 is 1. The average Bonchev–Trinajstić information content (AvgIpc) is 2.32. The third-order valence-corrected chi connectivity index (χ3v) is 3.18. The second-order valence-electron chi connectivity index (χ2n) is 4.88. The number of rotatable bonds is 9. The van der Waals surface area contributed by atoms with Crippen molar-refractivity contribution in [2.24, 2.45) is 0 Å². The summed E-state index contributed by atoms with van der Waals surface area (Å²) in [4.78, 5) is 11.8. The summed E-state index contributed by atoms with van der Waals surface area (Å²) in [6, 6.07) is 0. The van der Waals surface area contributed by atoms with Crippen molar-refractivity contribution in [2.75, 3.05) is 33.5 Å². The van der Waals surface area contributed by atoms with Gasteiger partial charge in [0.05, 0.1) is 20.3 Å². The highest BCUT2D eigenvalue weighted by molar-refractivity contribution is 5.80. The van der Waals surface area contributed by atoms with Gasteiger partial charge in [-0.05, 0) is 32.7 Å². The molecule has 1 N–H and O–H groups in total. The molecule has 1 aliphatic heterocycles. The van der Waals surface area contributed by atoms with Crippen molar-refractivity contribution in [3.05, 3.63) is 0 Å². The van der Waals surface area contributed by atoms with Gasteiger partial charge in [0.15, 0.2) is 0 Å². The van der Waals surface area contributed by atoms with Crippen LogP contribution in [0.1, 0.15) is 33.1 Å². The van der Waals surface area contributed by atoms with Crippen LogP contribution >= 0.6 is 0 Å². The van der Waals surface area contributed by atoms with E-state index in [-0.39, 0.29) is 12.1 Å². The molecule has 0 amide bonds. The fraction of sp³-hybridized carbons (Fsp3) is 0.923. The van der Waals surface area contributed by atoms with Gasteiger partial charge in [-0.25, -0.2) is 0 Å². The van der Waals surface area contributed by atoms with E-state index in [1.807, 2.05) is 6.92 Å². The summed E-state index contributed by atoms with van der Waals surface area (Å²) >= 11 is 0. The quantitative estimate of drug-likeness (QED) is 0.496. The Labute approximate surface area is 109 Å². The Kier molecular flexibility index (Phi) is 6.60. The normalized spacial score (nSPS) is 19.1. The topological polar surface area (TPSA) is 56.8 Å². The van der Waals surface area contributed by atoms with Gasteiger partial charge in [0.25, 0.3) is 0 Å². The Morgan fingerprint density at radius 2 is 2.22 bits per heavy atom. The van der Waals surface area contributed by atoms with Crippen molar-refractivity contribution < 1.29 is 19.0 Å². The van der Waals surface area contributed by atoms with Crippen LogP contribution in [0.2, 0.25) is 0 Å². The van der Waals surface area contributed by atoms with E-state index in [1.165, 1.54) is 7.11 Å². The Balaban J connectivity index is 2.27. The molecule has 0 radical (unpaired) electrons. The lowest BCUT2D eigenvalue weighted by atomic mass is 9.96. The maximum absolute atomic E-state index is 11.8. The minimum absolute atomic E-state index is 0.206. The first-order valence-corrected chi connectivity index (χ1v) is 6.65. The Morgan fingerprint density at radius 3 is 2.72 bits per heavy atom. The standard InChI is InChI=1S/C13H25NO4/c1-4-7-14-13(2,12(15)16-3)6-5-8-18-11-9-17-10-11/h11,14H,4-10H2,1-3H3. The molecule has 1 heterocycles. The van der Waals surface area contributed by atoms with E-state index >= 15 is 0 Å². The van der Waals surface area contributed by atoms with Gasteiger partial charge in [0.2, 0.25) is 0 Å². The molecular formula is C13H25NO4. The van der Waals surface area contributed by atoms with Gasteiger partial charge < -0.3 is 19.5 Å². The van der Waals surface area contributed by atoms with Gasteiger partial charge in [-0.2, -0.15) is 0 Å². The van der Waals surface area contributed by atoms with Gasteiger partial charge in [-0.3, -0.25) is 4.79 Å². The van der Waals surface area contributed by atoms with E-state index in [9.17, 15) is 4.79 Å². The zero-order valence-electron chi connectivity index (χ0n) is 11.7. The molecule has 0 saturated carbocycles. The third-order valence-electron chi connectivity index (χ3n) is 3.18. The van der Waals surface area contributed by atoms with E-state index < -0.39 is 5.54 Å². The number of ether oxygens (including phenoxy) is 3. The highest BCUT2D eigenvalue weighted by atomic mass is 16.6. The maximum atomic E-state index is 11.8. The van der Waals surface area contributed by atoms with E-state index in [2.05, 4.69) is 12.2 Å². The molecule has 0 bridgehead atoms. The van der Waals surface area contributed by atoms with Crippen molar-refractivity contribution >= 4 is 5.97 Å². The third kappa shape index (κ3) is 4.55. The van der Waals surface area contributed by atoms with Crippen molar-refractivity contribution in [1.82, 2.24) is 5.32 Å². The molecule has 5 heteroatoms. The van der Waals surface area contributed by atoms with Crippen LogP contribution in [0.15, 0.2) is 0 Å². The fourth-order valence-electron chi connectivity index (χ4n) is 1.87. The summed E-state index contributed by atoms with van der Waals surface area (Å²) in [7, 11) is 1.43. The molecule has 1 fully saturated rings. The molecule has 0 aromatic carbocycles. The minimum atomic E-state index is -0.607. The maximum Gasteiger partial charge on any atom is 0.325 e. The highest BCUT2D eigenvalue weighted by Crippen LogP contribution is 2.15. The smallest absolute Gasteiger partial charge is 0.325 e. The SMILES string of the molecule is CCCNC(C)(CCCOC1COC1)C(=O)OC. The summed E-state index contributed by atoms with van der Waals surface area (Å²) < 4.78 is 15.5. The molecule has 18 heavy (non-hydrogen) atoms. The molecular weight excluding hydrogens is 234 g/mol. The van der Waals surface area contributed by atoms with Crippen molar-refractivity contribution in [3.8, 4) is 0 Å². The average molecular weight is 259 g/mol. The Morgan fingerprint density at radius 1 is 1.50 bits per heavy atom. The summed E-state index contributed by atoms with van der Waals surface area (Å²) in [5.74, 6) is -0.206. The molecule has 1 unspecified atom stereocenters. The number of carbonyl (C=O) groups excluding carboxylic acids is 1. The van der Waals surface area contributed by atoms with Crippen LogP contribution in [0, 0.1) is 0 Å². The lowest BCUT2D eigenvalue weighted by Gasteiger charge is -2.29. The highest BCUT2D eigenvalue weighted by Gasteiger charge is 2.33. The second kappa shape index (κ2) is 7.71. The molecule has 1 aliphatic rings. The number of hydrogen-bond donors (Lipinski definition) is 1. The largest absolute Gasteiger partial charge is 0.468 e. The van der Waals surface area contributed by atoms with Crippen molar-refractivity contribution in [1.29, 1.82) is 0 Å². The van der Waals surface area contributed by atoms with Gasteiger partial charge in [-0.15, -0.1) is 0 Å². The second-order valence-corrected chi connectivity index (χ2v) is 4.88. The molecule has 1 rings (SSSR count). The minimum Gasteiger partial charge on any atom is -0.468 e. The predicted octanol–water partition coefficient (Wildman–Crippen LogP) is 1.11. The lowest BCUT2D eigenvalue weighted by molar-refractivity contribution is -0.149. The summed E-state index contributed by atoms with van der Waals surface area (Å²) in [6.45, 7) is 6.83. The number of esters is 1. The summed E-state index contributed by atoms with van der Waals surface area (Å²) in [5.41, 5.74) is -0.607. The first kappa shape index (κ1) is 15.4. The van der Waals surface area contributed by atoms with E-state index in [1.54, 1.807) is 0 Å². The predicted molar refractivity (Wildman–Crippen MR) is 68.5 cm³/mol. The fourth-order valence-corrected chi connectivity index (χ4v) is 1.87. The number of hydrogen-bond acceptors (Lipinski definition) is 5. The lowest BCUT2D eigenvalue weighted by Crippen LogP contribution is -2.50. The summed E-state index contributed by atoms with van der Waals surface area (Å²) in [5, 5.41) is 3.26. The van der Waals surface area contributed by atoms with Crippen LogP contribution < -0.4 is 5.32 Å². The number of carbonyl (C=O) groups is 1. The van der Waals surface area contributed by atoms with Gasteiger partial charge >= 0.3 is 5.97 Å². The zero-order chi connectivity index (χ0) is 13.4. The van der Waals surface area contributed by atoms with Crippen LogP contribution in [0.3, 0.4) is 0 Å². The van der Waals surface area contributed by atoms with Crippen molar-refractivity contribution in [3.63, 3.8) is 0 Å². The first-order valence-electron chi connectivity index (χ1n) is 6.65. The molecule has 0 spiro atoms.